The number of carboxylic acid groups (broad SMARTS) is 1. The molecule has 0 aromatic heterocycles. The molecule has 1 aromatic carbocycles. The van der Waals surface area contributed by atoms with E-state index in [1.54, 1.807) is 19.1 Å². The van der Waals surface area contributed by atoms with Gasteiger partial charge in [0.05, 0.1) is 11.8 Å². The summed E-state index contributed by atoms with van der Waals surface area (Å²) in [5.41, 5.74) is 2.86. The molecule has 7 heteroatoms. The number of hydrogen-bond donors (Lipinski definition) is 3. The molecule has 0 spiro atoms. The molecule has 0 radical (unpaired) electrons. The van der Waals surface area contributed by atoms with Crippen LogP contribution >= 0.6 is 0 Å². The Bertz CT molecular complexity index is 552. The maximum Gasteiger partial charge on any atom is 0.335 e. The molecule has 0 fully saturated rings. The maximum absolute atomic E-state index is 11.4. The van der Waals surface area contributed by atoms with Crippen LogP contribution in [-0.4, -0.2) is 35.1 Å². The highest BCUT2D eigenvalue weighted by molar-refractivity contribution is 6.35. The maximum atomic E-state index is 11.4. The molecule has 0 heterocycles. The minimum Gasteiger partial charge on any atom is -0.478 e. The largest absolute Gasteiger partial charge is 0.478 e. The molecule has 0 saturated heterocycles. The van der Waals surface area contributed by atoms with Gasteiger partial charge >= 0.3 is 17.8 Å². The van der Waals surface area contributed by atoms with E-state index in [9.17, 15) is 14.4 Å². The summed E-state index contributed by atoms with van der Waals surface area (Å²) >= 11 is 0. The van der Waals surface area contributed by atoms with Crippen LogP contribution in [0.4, 0.5) is 0 Å². The molecule has 1 aromatic rings. The molecule has 1 rings (SSSR count). The van der Waals surface area contributed by atoms with Gasteiger partial charge in [-0.05, 0) is 31.0 Å². The lowest BCUT2D eigenvalue weighted by atomic mass is 10.1. The molecule has 3 N–H and O–H groups in total. The molecule has 0 aliphatic carbocycles. The zero-order valence-electron chi connectivity index (χ0n) is 11.8. The fourth-order valence-corrected chi connectivity index (χ4v) is 1.32. The normalized spacial score (nSPS) is 11.9. The van der Waals surface area contributed by atoms with Crippen LogP contribution in [0.15, 0.2) is 29.4 Å². The molecule has 0 bridgehead atoms. The first-order chi connectivity index (χ1) is 9.93. The summed E-state index contributed by atoms with van der Waals surface area (Å²) in [6, 6.07) is 5.83. The van der Waals surface area contributed by atoms with Gasteiger partial charge in [-0.2, -0.15) is 5.10 Å². The van der Waals surface area contributed by atoms with Crippen molar-refractivity contribution in [3.8, 4) is 0 Å². The van der Waals surface area contributed by atoms with E-state index >= 15 is 0 Å². The Kier molecular flexibility index (Phi) is 6.06. The Balaban J connectivity index is 2.52. The number of nitrogens with one attached hydrogen (secondary N) is 2. The summed E-state index contributed by atoms with van der Waals surface area (Å²) in [6.07, 6.45) is 2.04. The van der Waals surface area contributed by atoms with E-state index in [0.717, 1.165) is 6.42 Å². The molecule has 1 atom stereocenters. The van der Waals surface area contributed by atoms with Crippen LogP contribution in [0.5, 0.6) is 0 Å². The molecule has 7 nitrogen and oxygen atoms in total. The first-order valence-corrected chi connectivity index (χ1v) is 6.41. The minimum atomic E-state index is -1.02. The Labute approximate surface area is 122 Å². The van der Waals surface area contributed by atoms with Crippen molar-refractivity contribution in [2.75, 3.05) is 0 Å². The molecule has 0 unspecified atom stereocenters. The molecule has 0 aliphatic heterocycles. The quantitative estimate of drug-likeness (QED) is 0.422. The topological polar surface area (TPSA) is 108 Å². The zero-order valence-corrected chi connectivity index (χ0v) is 11.8. The van der Waals surface area contributed by atoms with E-state index in [1.165, 1.54) is 18.3 Å². The van der Waals surface area contributed by atoms with Crippen LogP contribution in [0.2, 0.25) is 0 Å². The third-order valence-corrected chi connectivity index (χ3v) is 2.73. The Morgan fingerprint density at radius 1 is 1.24 bits per heavy atom. The van der Waals surface area contributed by atoms with Gasteiger partial charge in [0, 0.05) is 6.04 Å². The summed E-state index contributed by atoms with van der Waals surface area (Å²) in [4.78, 5) is 33.5. The van der Waals surface area contributed by atoms with Crippen molar-refractivity contribution >= 4 is 24.0 Å². The SMILES string of the molecule is CC[C@H](C)NC(=O)C(=O)N/N=C\c1ccc(C(=O)O)cc1. The first kappa shape index (κ1) is 16.4. The van der Waals surface area contributed by atoms with Gasteiger partial charge in [0.25, 0.3) is 0 Å². The number of nitrogens with zero attached hydrogens (tertiary/aromatic N) is 1. The van der Waals surface area contributed by atoms with Gasteiger partial charge in [0.1, 0.15) is 0 Å². The fraction of sp³-hybridized carbons (Fsp3) is 0.286. The molecular formula is C14H17N3O4. The van der Waals surface area contributed by atoms with Gasteiger partial charge in [0.15, 0.2) is 0 Å². The van der Waals surface area contributed by atoms with Crippen LogP contribution < -0.4 is 10.7 Å². The third-order valence-electron chi connectivity index (χ3n) is 2.73. The second kappa shape index (κ2) is 7.78. The highest BCUT2D eigenvalue weighted by atomic mass is 16.4. The summed E-state index contributed by atoms with van der Waals surface area (Å²) in [6.45, 7) is 3.68. The standard InChI is InChI=1S/C14H17N3O4/c1-3-9(2)16-12(18)13(19)17-15-8-10-4-6-11(7-5-10)14(20)21/h4-9H,3H2,1-2H3,(H,16,18)(H,17,19)(H,20,21)/b15-8-/t9-/m0/s1. The van der Waals surface area contributed by atoms with Crippen molar-refractivity contribution in [3.63, 3.8) is 0 Å². The van der Waals surface area contributed by atoms with Gasteiger partial charge in [-0.15, -0.1) is 0 Å². The number of carboxylic acids is 1. The lowest BCUT2D eigenvalue weighted by Crippen LogP contribution is -2.41. The Hall–Kier alpha value is -2.70. The van der Waals surface area contributed by atoms with E-state index in [1.807, 2.05) is 6.92 Å². The van der Waals surface area contributed by atoms with Crippen LogP contribution in [0.25, 0.3) is 0 Å². The van der Waals surface area contributed by atoms with E-state index in [-0.39, 0.29) is 11.6 Å². The number of hydrogen-bond acceptors (Lipinski definition) is 4. The Morgan fingerprint density at radius 3 is 2.38 bits per heavy atom. The van der Waals surface area contributed by atoms with Crippen LogP contribution in [-0.2, 0) is 9.59 Å². The number of hydrazone groups is 1. The number of benzene rings is 1. The number of aromatic carboxylic acids is 1. The van der Waals surface area contributed by atoms with Gasteiger partial charge in [-0.25, -0.2) is 10.2 Å². The highest BCUT2D eigenvalue weighted by Gasteiger charge is 2.14. The monoisotopic (exact) mass is 291 g/mol. The zero-order chi connectivity index (χ0) is 15.8. The minimum absolute atomic E-state index is 0.0872. The average Bonchev–Trinajstić information content (AvgIpc) is 2.47. The molecule has 0 saturated carbocycles. The van der Waals surface area contributed by atoms with Crippen LogP contribution in [0.3, 0.4) is 0 Å². The lowest BCUT2D eigenvalue weighted by molar-refractivity contribution is -0.139. The number of carbonyl (C=O) groups excluding carboxylic acids is 2. The van der Waals surface area contributed by atoms with Crippen molar-refractivity contribution in [1.82, 2.24) is 10.7 Å². The fourth-order valence-electron chi connectivity index (χ4n) is 1.32. The van der Waals surface area contributed by atoms with Crippen molar-refractivity contribution in [3.05, 3.63) is 35.4 Å². The number of rotatable bonds is 5. The van der Waals surface area contributed by atoms with Crippen molar-refractivity contribution in [2.24, 2.45) is 5.10 Å². The predicted molar refractivity (Wildman–Crippen MR) is 77.0 cm³/mol. The predicted octanol–water partition coefficient (Wildman–Crippen LogP) is 0.750. The summed E-state index contributed by atoms with van der Waals surface area (Å²) in [7, 11) is 0. The van der Waals surface area contributed by atoms with E-state index in [2.05, 4.69) is 15.8 Å². The summed E-state index contributed by atoms with van der Waals surface area (Å²) in [5.74, 6) is -2.62. The van der Waals surface area contributed by atoms with Gasteiger partial charge in [-0.3, -0.25) is 9.59 Å². The van der Waals surface area contributed by atoms with Crippen molar-refractivity contribution in [2.45, 2.75) is 26.3 Å². The van der Waals surface area contributed by atoms with Gasteiger partial charge in [0.2, 0.25) is 0 Å². The molecular weight excluding hydrogens is 274 g/mol. The molecule has 2 amide bonds. The molecule has 112 valence electrons. The average molecular weight is 291 g/mol. The summed E-state index contributed by atoms with van der Waals surface area (Å²) in [5, 5.41) is 14.9. The summed E-state index contributed by atoms with van der Waals surface area (Å²) < 4.78 is 0. The van der Waals surface area contributed by atoms with E-state index in [4.69, 9.17) is 5.11 Å². The lowest BCUT2D eigenvalue weighted by Gasteiger charge is -2.09. The van der Waals surface area contributed by atoms with E-state index < -0.39 is 17.8 Å². The van der Waals surface area contributed by atoms with Gasteiger partial charge < -0.3 is 10.4 Å². The van der Waals surface area contributed by atoms with Crippen LogP contribution in [0, 0.1) is 0 Å². The van der Waals surface area contributed by atoms with Crippen molar-refractivity contribution in [1.29, 1.82) is 0 Å². The first-order valence-electron chi connectivity index (χ1n) is 6.41. The molecule has 21 heavy (non-hydrogen) atoms. The number of carbonyl (C=O) groups is 3. The molecule has 0 aliphatic rings. The van der Waals surface area contributed by atoms with Crippen LogP contribution in [0.1, 0.15) is 36.2 Å². The Morgan fingerprint density at radius 2 is 1.86 bits per heavy atom. The smallest absolute Gasteiger partial charge is 0.335 e. The van der Waals surface area contributed by atoms with E-state index in [0.29, 0.717) is 5.56 Å². The van der Waals surface area contributed by atoms with Gasteiger partial charge in [-0.1, -0.05) is 19.1 Å². The van der Waals surface area contributed by atoms with Crippen molar-refractivity contribution < 1.29 is 19.5 Å². The number of amides is 2. The second-order valence-electron chi connectivity index (χ2n) is 4.41. The third kappa shape index (κ3) is 5.43. The second-order valence-corrected chi connectivity index (χ2v) is 4.41. The highest BCUT2D eigenvalue weighted by Crippen LogP contribution is 2.02.